The number of benzene rings is 1. The Balaban J connectivity index is 2.09. The van der Waals surface area contributed by atoms with E-state index in [1.807, 2.05) is 10.7 Å². The molecule has 2 atom stereocenters. The first-order valence-corrected chi connectivity index (χ1v) is 7.03. The zero-order valence-electron chi connectivity index (χ0n) is 11.8. The van der Waals surface area contributed by atoms with E-state index in [0.717, 1.165) is 18.5 Å². The Hall–Kier alpha value is -1.61. The van der Waals surface area contributed by atoms with Crippen molar-refractivity contribution < 1.29 is 0 Å². The lowest BCUT2D eigenvalue weighted by Crippen LogP contribution is -2.15. The summed E-state index contributed by atoms with van der Waals surface area (Å²) in [4.78, 5) is 0. The molecule has 3 heteroatoms. The fraction of sp³-hybridized carbons (Fsp3) is 0.438. The molecular formula is C16H23N3. The van der Waals surface area contributed by atoms with Gasteiger partial charge in [-0.15, -0.1) is 0 Å². The Bertz CT molecular complexity index is 490. The molecular weight excluding hydrogens is 234 g/mol. The highest BCUT2D eigenvalue weighted by atomic mass is 15.3. The van der Waals surface area contributed by atoms with Crippen molar-refractivity contribution in [2.45, 2.75) is 38.6 Å². The van der Waals surface area contributed by atoms with Gasteiger partial charge in [0, 0.05) is 18.2 Å². The molecule has 0 saturated heterocycles. The molecule has 1 aromatic heterocycles. The first kappa shape index (κ1) is 13.8. The molecule has 0 aliphatic carbocycles. The van der Waals surface area contributed by atoms with Gasteiger partial charge >= 0.3 is 0 Å². The van der Waals surface area contributed by atoms with Gasteiger partial charge in [0.1, 0.15) is 0 Å². The molecule has 102 valence electrons. The van der Waals surface area contributed by atoms with E-state index in [2.05, 4.69) is 55.5 Å². The summed E-state index contributed by atoms with van der Waals surface area (Å²) in [6.07, 6.45) is 4.08. The SMILES string of the molecule is CCC(C)n1ccc(CC(CN)c2ccccc2)n1. The molecule has 0 aliphatic heterocycles. The van der Waals surface area contributed by atoms with E-state index in [9.17, 15) is 0 Å². The molecule has 2 N–H and O–H groups in total. The second-order valence-electron chi connectivity index (χ2n) is 5.09. The molecule has 0 spiro atoms. The number of rotatable bonds is 6. The van der Waals surface area contributed by atoms with Crippen LogP contribution in [0.3, 0.4) is 0 Å². The van der Waals surface area contributed by atoms with Crippen LogP contribution in [-0.2, 0) is 6.42 Å². The molecule has 0 bridgehead atoms. The second-order valence-corrected chi connectivity index (χ2v) is 5.09. The Kier molecular flexibility index (Phi) is 4.74. The minimum absolute atomic E-state index is 0.349. The average molecular weight is 257 g/mol. The van der Waals surface area contributed by atoms with Crippen molar-refractivity contribution in [2.24, 2.45) is 5.73 Å². The zero-order chi connectivity index (χ0) is 13.7. The highest BCUT2D eigenvalue weighted by molar-refractivity contribution is 5.21. The van der Waals surface area contributed by atoms with Gasteiger partial charge < -0.3 is 5.73 Å². The quantitative estimate of drug-likeness (QED) is 0.864. The van der Waals surface area contributed by atoms with Crippen LogP contribution in [0.4, 0.5) is 0 Å². The Morgan fingerprint density at radius 1 is 1.21 bits per heavy atom. The standard InChI is InChI=1S/C16H23N3/c1-3-13(2)19-10-9-16(18-19)11-15(12-17)14-7-5-4-6-8-14/h4-10,13,15H,3,11-12,17H2,1-2H3. The molecule has 0 amide bonds. The smallest absolute Gasteiger partial charge is 0.0631 e. The minimum atomic E-state index is 0.349. The molecule has 2 aromatic rings. The maximum Gasteiger partial charge on any atom is 0.0631 e. The molecule has 0 saturated carbocycles. The number of aromatic nitrogens is 2. The van der Waals surface area contributed by atoms with Crippen molar-refractivity contribution in [2.75, 3.05) is 6.54 Å². The van der Waals surface area contributed by atoms with Gasteiger partial charge in [0.2, 0.25) is 0 Å². The first-order valence-electron chi connectivity index (χ1n) is 7.03. The summed E-state index contributed by atoms with van der Waals surface area (Å²) in [6.45, 7) is 5.02. The van der Waals surface area contributed by atoms with Crippen LogP contribution >= 0.6 is 0 Å². The summed E-state index contributed by atoms with van der Waals surface area (Å²) < 4.78 is 2.05. The van der Waals surface area contributed by atoms with E-state index < -0.39 is 0 Å². The summed E-state index contributed by atoms with van der Waals surface area (Å²) in [7, 11) is 0. The average Bonchev–Trinajstić information content (AvgIpc) is 2.93. The van der Waals surface area contributed by atoms with Crippen molar-refractivity contribution in [1.29, 1.82) is 0 Å². The predicted octanol–water partition coefficient (Wildman–Crippen LogP) is 3.14. The topological polar surface area (TPSA) is 43.8 Å². The Morgan fingerprint density at radius 2 is 1.95 bits per heavy atom. The Morgan fingerprint density at radius 3 is 2.58 bits per heavy atom. The van der Waals surface area contributed by atoms with Crippen molar-refractivity contribution in [3.63, 3.8) is 0 Å². The third-order valence-electron chi connectivity index (χ3n) is 3.72. The van der Waals surface area contributed by atoms with Crippen LogP contribution < -0.4 is 5.73 Å². The van der Waals surface area contributed by atoms with Gasteiger partial charge in [0.25, 0.3) is 0 Å². The van der Waals surface area contributed by atoms with Crippen molar-refractivity contribution in [3.05, 3.63) is 53.9 Å². The number of hydrogen-bond donors (Lipinski definition) is 1. The third kappa shape index (κ3) is 3.44. The zero-order valence-corrected chi connectivity index (χ0v) is 11.8. The van der Waals surface area contributed by atoms with E-state index in [1.165, 1.54) is 5.56 Å². The first-order chi connectivity index (χ1) is 9.24. The molecule has 2 unspecified atom stereocenters. The number of hydrogen-bond acceptors (Lipinski definition) is 2. The highest BCUT2D eigenvalue weighted by Crippen LogP contribution is 2.19. The summed E-state index contributed by atoms with van der Waals surface area (Å²) in [5.74, 6) is 0.349. The van der Waals surface area contributed by atoms with E-state index in [-0.39, 0.29) is 0 Å². The van der Waals surface area contributed by atoms with Crippen LogP contribution in [0, 0.1) is 0 Å². The van der Waals surface area contributed by atoms with Gasteiger partial charge in [0.05, 0.1) is 5.69 Å². The molecule has 1 heterocycles. The van der Waals surface area contributed by atoms with Crippen LogP contribution in [0.25, 0.3) is 0 Å². The van der Waals surface area contributed by atoms with E-state index in [0.29, 0.717) is 18.5 Å². The van der Waals surface area contributed by atoms with Crippen molar-refractivity contribution >= 4 is 0 Å². The molecule has 19 heavy (non-hydrogen) atoms. The van der Waals surface area contributed by atoms with Gasteiger partial charge in [0.15, 0.2) is 0 Å². The van der Waals surface area contributed by atoms with Crippen molar-refractivity contribution in [3.8, 4) is 0 Å². The predicted molar refractivity (Wildman–Crippen MR) is 79.2 cm³/mol. The lowest BCUT2D eigenvalue weighted by atomic mass is 9.94. The maximum absolute atomic E-state index is 5.91. The Labute approximate surface area is 115 Å². The summed E-state index contributed by atoms with van der Waals surface area (Å²) in [5, 5.41) is 4.66. The molecule has 3 nitrogen and oxygen atoms in total. The van der Waals surface area contributed by atoms with E-state index >= 15 is 0 Å². The lowest BCUT2D eigenvalue weighted by molar-refractivity contribution is 0.471. The molecule has 1 aromatic carbocycles. The molecule has 0 aliphatic rings. The molecule has 2 rings (SSSR count). The van der Waals surface area contributed by atoms with Crippen LogP contribution in [0.1, 0.15) is 43.5 Å². The van der Waals surface area contributed by atoms with E-state index in [4.69, 9.17) is 5.73 Å². The number of nitrogens with zero attached hydrogens (tertiary/aromatic N) is 2. The minimum Gasteiger partial charge on any atom is -0.330 e. The van der Waals surface area contributed by atoms with Crippen LogP contribution in [0.5, 0.6) is 0 Å². The van der Waals surface area contributed by atoms with Gasteiger partial charge in [-0.25, -0.2) is 0 Å². The van der Waals surface area contributed by atoms with Gasteiger partial charge in [-0.3, -0.25) is 4.68 Å². The van der Waals surface area contributed by atoms with Crippen LogP contribution in [0.2, 0.25) is 0 Å². The third-order valence-corrected chi connectivity index (χ3v) is 3.72. The van der Waals surface area contributed by atoms with Gasteiger partial charge in [-0.2, -0.15) is 5.10 Å². The largest absolute Gasteiger partial charge is 0.330 e. The molecule has 0 fully saturated rings. The van der Waals surface area contributed by atoms with E-state index in [1.54, 1.807) is 0 Å². The highest BCUT2D eigenvalue weighted by Gasteiger charge is 2.13. The summed E-state index contributed by atoms with van der Waals surface area (Å²) in [6, 6.07) is 13.0. The normalized spacial score (nSPS) is 14.3. The van der Waals surface area contributed by atoms with Crippen LogP contribution in [0.15, 0.2) is 42.6 Å². The van der Waals surface area contributed by atoms with Gasteiger partial charge in [-0.1, -0.05) is 37.3 Å². The fourth-order valence-electron chi connectivity index (χ4n) is 2.23. The fourth-order valence-corrected chi connectivity index (χ4v) is 2.23. The number of nitrogens with two attached hydrogens (primary N) is 1. The summed E-state index contributed by atoms with van der Waals surface area (Å²) in [5.41, 5.74) is 8.33. The van der Waals surface area contributed by atoms with Crippen LogP contribution in [-0.4, -0.2) is 16.3 Å². The molecule has 0 radical (unpaired) electrons. The lowest BCUT2D eigenvalue weighted by Gasteiger charge is -2.14. The van der Waals surface area contributed by atoms with Gasteiger partial charge in [-0.05, 0) is 37.9 Å². The van der Waals surface area contributed by atoms with Crippen molar-refractivity contribution in [1.82, 2.24) is 9.78 Å². The monoisotopic (exact) mass is 257 g/mol. The summed E-state index contributed by atoms with van der Waals surface area (Å²) >= 11 is 0. The second kappa shape index (κ2) is 6.53. The maximum atomic E-state index is 5.91.